The molecule has 0 bridgehead atoms. The quantitative estimate of drug-likeness (QED) is 0.424. The highest BCUT2D eigenvalue weighted by molar-refractivity contribution is 6.10. The van der Waals surface area contributed by atoms with E-state index in [1.165, 1.54) is 19.2 Å². The second kappa shape index (κ2) is 7.62. The molecule has 5 nitrogen and oxygen atoms in total. The third-order valence-corrected chi connectivity index (χ3v) is 4.42. The van der Waals surface area contributed by atoms with Gasteiger partial charge in [-0.15, -0.1) is 0 Å². The van der Waals surface area contributed by atoms with E-state index >= 15 is 0 Å². The average molecular weight is 403 g/mol. The maximum absolute atomic E-state index is 12.9. The molecule has 0 fully saturated rings. The van der Waals surface area contributed by atoms with Crippen molar-refractivity contribution in [3.63, 3.8) is 0 Å². The molecule has 2 aromatic carbocycles. The van der Waals surface area contributed by atoms with Gasteiger partial charge in [0.25, 0.3) is 0 Å². The van der Waals surface area contributed by atoms with Crippen LogP contribution < -0.4 is 0 Å². The first-order chi connectivity index (χ1) is 13.8. The van der Waals surface area contributed by atoms with E-state index in [9.17, 15) is 18.0 Å². The van der Waals surface area contributed by atoms with Crippen molar-refractivity contribution in [2.24, 2.45) is 7.05 Å². The van der Waals surface area contributed by atoms with Crippen LogP contribution in [0, 0.1) is 0 Å². The van der Waals surface area contributed by atoms with E-state index in [1.807, 2.05) is 13.8 Å². The van der Waals surface area contributed by atoms with Gasteiger partial charge in [-0.25, -0.2) is 4.79 Å². The van der Waals surface area contributed by atoms with Crippen molar-refractivity contribution in [1.82, 2.24) is 14.3 Å². The van der Waals surface area contributed by atoms with E-state index in [0.717, 1.165) is 28.4 Å². The minimum absolute atomic E-state index is 0.389. The fourth-order valence-electron chi connectivity index (χ4n) is 3.20. The van der Waals surface area contributed by atoms with Gasteiger partial charge in [0.05, 0.1) is 23.8 Å². The number of carbonyl (C=O) groups excluding carboxylic acids is 1. The van der Waals surface area contributed by atoms with E-state index in [-0.39, 0.29) is 0 Å². The Morgan fingerprint density at radius 2 is 1.69 bits per heavy atom. The molecule has 4 rings (SSSR count). The van der Waals surface area contributed by atoms with E-state index in [4.69, 9.17) is 4.74 Å². The Labute approximate surface area is 165 Å². The molecule has 0 spiro atoms. The summed E-state index contributed by atoms with van der Waals surface area (Å²) < 4.78 is 46.7. The molecule has 0 unspecified atom stereocenters. The molecule has 0 saturated heterocycles. The predicted octanol–water partition coefficient (Wildman–Crippen LogP) is 5.35. The number of nitrogens with zero attached hydrogens (tertiary/aromatic N) is 3. The van der Waals surface area contributed by atoms with Crippen LogP contribution in [0.15, 0.2) is 48.7 Å². The zero-order valence-corrected chi connectivity index (χ0v) is 16.4. The lowest BCUT2D eigenvalue weighted by Crippen LogP contribution is -2.05. The Bertz CT molecular complexity index is 1170. The van der Waals surface area contributed by atoms with Gasteiger partial charge < -0.3 is 4.74 Å². The predicted molar refractivity (Wildman–Crippen MR) is 105 cm³/mol. The van der Waals surface area contributed by atoms with Crippen LogP contribution in [0.5, 0.6) is 0 Å². The summed E-state index contributed by atoms with van der Waals surface area (Å²) in [6.07, 6.45) is -2.59. The van der Waals surface area contributed by atoms with Crippen molar-refractivity contribution in [3.8, 4) is 5.69 Å². The maximum atomic E-state index is 12.9. The monoisotopic (exact) mass is 403 g/mol. The molecule has 29 heavy (non-hydrogen) atoms. The number of halogens is 3. The Hall–Kier alpha value is -3.29. The van der Waals surface area contributed by atoms with Crippen molar-refractivity contribution in [3.05, 3.63) is 59.8 Å². The van der Waals surface area contributed by atoms with Crippen molar-refractivity contribution in [2.45, 2.75) is 20.0 Å². The molecule has 4 aromatic rings. The maximum Gasteiger partial charge on any atom is 0.416 e. The summed E-state index contributed by atoms with van der Waals surface area (Å²) in [5.41, 5.74) is 1.55. The smallest absolute Gasteiger partial charge is 0.416 e. The normalized spacial score (nSPS) is 11.4. The molecule has 0 aliphatic carbocycles. The number of alkyl halides is 3. The minimum atomic E-state index is -4.40. The summed E-state index contributed by atoms with van der Waals surface area (Å²) in [4.78, 5) is 11.9. The third kappa shape index (κ3) is 3.57. The summed E-state index contributed by atoms with van der Waals surface area (Å²) in [5.74, 6) is -0.462. The average Bonchev–Trinajstić information content (AvgIpc) is 3.22. The molecule has 0 aliphatic heterocycles. The van der Waals surface area contributed by atoms with E-state index in [1.54, 1.807) is 40.7 Å². The highest BCUT2D eigenvalue weighted by atomic mass is 19.4. The molecule has 0 aliphatic rings. The Balaban J connectivity index is 0.00000117. The van der Waals surface area contributed by atoms with E-state index in [0.29, 0.717) is 16.9 Å². The van der Waals surface area contributed by atoms with Crippen LogP contribution in [0.3, 0.4) is 0 Å². The first kappa shape index (κ1) is 20.4. The lowest BCUT2D eigenvalue weighted by molar-refractivity contribution is -0.137. The van der Waals surface area contributed by atoms with Crippen molar-refractivity contribution < 1.29 is 22.7 Å². The first-order valence-corrected chi connectivity index (χ1v) is 9.03. The number of aromatic nitrogens is 3. The number of methoxy groups -OCH3 is 1. The number of benzene rings is 2. The highest BCUT2D eigenvalue weighted by Gasteiger charge is 2.30. The van der Waals surface area contributed by atoms with Gasteiger partial charge in [0.2, 0.25) is 0 Å². The van der Waals surface area contributed by atoms with Crippen LogP contribution in [0.2, 0.25) is 0 Å². The van der Waals surface area contributed by atoms with Crippen LogP contribution in [0.25, 0.3) is 27.6 Å². The van der Waals surface area contributed by atoms with Crippen molar-refractivity contribution >= 4 is 27.9 Å². The number of fused-ring (bicyclic) bond motifs is 3. The van der Waals surface area contributed by atoms with Gasteiger partial charge in [0, 0.05) is 29.7 Å². The van der Waals surface area contributed by atoms with E-state index in [2.05, 4.69) is 5.10 Å². The molecule has 8 heteroatoms. The van der Waals surface area contributed by atoms with Crippen molar-refractivity contribution in [1.29, 1.82) is 0 Å². The van der Waals surface area contributed by atoms with Gasteiger partial charge in [-0.05, 0) is 42.5 Å². The molecule has 2 heterocycles. The van der Waals surface area contributed by atoms with Gasteiger partial charge >= 0.3 is 12.1 Å². The molecule has 0 radical (unpaired) electrons. The second-order valence-electron chi connectivity index (χ2n) is 6.14. The number of aryl methyl sites for hydroxylation is 1. The Morgan fingerprint density at radius 3 is 2.28 bits per heavy atom. The molecule has 0 N–H and O–H groups in total. The number of carbonyl (C=O) groups is 1. The number of rotatable bonds is 2. The highest BCUT2D eigenvalue weighted by Crippen LogP contribution is 2.34. The van der Waals surface area contributed by atoms with Gasteiger partial charge in [-0.1, -0.05) is 13.8 Å². The lowest BCUT2D eigenvalue weighted by Gasteiger charge is -2.10. The van der Waals surface area contributed by atoms with Crippen LogP contribution in [-0.2, 0) is 18.0 Å². The molecular formula is C21H20F3N3O2. The molecule has 0 atom stereocenters. The summed E-state index contributed by atoms with van der Waals surface area (Å²) >= 11 is 0. The summed E-state index contributed by atoms with van der Waals surface area (Å²) in [7, 11) is 3.06. The molecule has 152 valence electrons. The number of esters is 1. The summed E-state index contributed by atoms with van der Waals surface area (Å²) in [5, 5.41) is 5.99. The Morgan fingerprint density at radius 1 is 1.03 bits per heavy atom. The summed E-state index contributed by atoms with van der Waals surface area (Å²) in [6.45, 7) is 4.00. The lowest BCUT2D eigenvalue weighted by atomic mass is 10.1. The fraction of sp³-hybridized carbons (Fsp3) is 0.238. The SMILES string of the molecule is CC.COC(=O)c1ccc2c(c1)c1cn(C)nc1n2-c1ccc(C(F)(F)F)cc1. The molecular weight excluding hydrogens is 383 g/mol. The molecule has 0 saturated carbocycles. The largest absolute Gasteiger partial charge is 0.465 e. The molecule has 0 amide bonds. The van der Waals surface area contributed by atoms with Gasteiger partial charge in [0.15, 0.2) is 5.65 Å². The van der Waals surface area contributed by atoms with Gasteiger partial charge in [0.1, 0.15) is 0 Å². The second-order valence-corrected chi connectivity index (χ2v) is 6.14. The standard InChI is InChI=1S/C19H14F3N3O2.C2H6/c1-24-10-15-14-9-11(18(26)27-2)3-8-16(14)25(17(15)23-24)13-6-4-12(5-7-13)19(20,21)22;1-2/h3-10H,1-2H3;1-2H3. The van der Waals surface area contributed by atoms with Gasteiger partial charge in [-0.3, -0.25) is 9.25 Å². The number of hydrogen-bond acceptors (Lipinski definition) is 3. The van der Waals surface area contributed by atoms with E-state index < -0.39 is 17.7 Å². The van der Waals surface area contributed by atoms with Crippen molar-refractivity contribution in [2.75, 3.05) is 7.11 Å². The van der Waals surface area contributed by atoms with Crippen LogP contribution in [0.4, 0.5) is 13.2 Å². The fourth-order valence-corrected chi connectivity index (χ4v) is 3.20. The Kier molecular flexibility index (Phi) is 5.37. The minimum Gasteiger partial charge on any atom is -0.465 e. The summed E-state index contributed by atoms with van der Waals surface area (Å²) in [6, 6.07) is 9.95. The zero-order chi connectivity index (χ0) is 21.3. The van der Waals surface area contributed by atoms with Crippen LogP contribution in [0.1, 0.15) is 29.8 Å². The topological polar surface area (TPSA) is 49.1 Å². The van der Waals surface area contributed by atoms with Crippen LogP contribution in [-0.4, -0.2) is 27.4 Å². The zero-order valence-electron chi connectivity index (χ0n) is 16.4. The number of ether oxygens (including phenoxy) is 1. The third-order valence-electron chi connectivity index (χ3n) is 4.42. The van der Waals surface area contributed by atoms with Gasteiger partial charge in [-0.2, -0.15) is 18.3 Å². The number of hydrogen-bond donors (Lipinski definition) is 0. The van der Waals surface area contributed by atoms with Crippen LogP contribution >= 0.6 is 0 Å². The first-order valence-electron chi connectivity index (χ1n) is 9.03. The molecule has 2 aromatic heterocycles.